The first-order valence-corrected chi connectivity index (χ1v) is 5.81. The summed E-state index contributed by atoms with van der Waals surface area (Å²) in [6.07, 6.45) is 1.38. The number of nitrogens with zero attached hydrogens (tertiary/aromatic N) is 1. The number of rotatable bonds is 4. The molecular weight excluding hydrogens is 254 g/mol. The number of aromatic amines is 1. The van der Waals surface area contributed by atoms with Gasteiger partial charge in [0.15, 0.2) is 0 Å². The van der Waals surface area contributed by atoms with E-state index in [4.69, 9.17) is 16.3 Å². The van der Waals surface area contributed by atoms with Crippen molar-refractivity contribution in [3.63, 3.8) is 0 Å². The van der Waals surface area contributed by atoms with E-state index in [1.165, 1.54) is 6.20 Å². The predicted octanol–water partition coefficient (Wildman–Crippen LogP) is 2.71. The molecule has 0 aliphatic rings. The van der Waals surface area contributed by atoms with E-state index in [9.17, 15) is 4.79 Å². The van der Waals surface area contributed by atoms with Gasteiger partial charge in [-0.25, -0.2) is 0 Å². The summed E-state index contributed by atoms with van der Waals surface area (Å²) in [6.45, 7) is 2.52. The zero-order valence-corrected chi connectivity index (χ0v) is 10.5. The van der Waals surface area contributed by atoms with E-state index in [2.05, 4.69) is 15.5 Å². The summed E-state index contributed by atoms with van der Waals surface area (Å²) >= 11 is 5.79. The van der Waals surface area contributed by atoms with E-state index in [-0.39, 0.29) is 11.6 Å². The first-order chi connectivity index (χ1) is 8.70. The SMILES string of the molecule is CCOc1ccc(NC(=O)c2[nH]ncc2Cl)cc1. The summed E-state index contributed by atoms with van der Waals surface area (Å²) in [5.41, 5.74) is 0.902. The number of ether oxygens (including phenoxy) is 1. The topological polar surface area (TPSA) is 67.0 Å². The molecule has 1 heterocycles. The molecule has 2 rings (SSSR count). The normalized spacial score (nSPS) is 10.1. The van der Waals surface area contributed by atoms with Crippen LogP contribution in [0.25, 0.3) is 0 Å². The van der Waals surface area contributed by atoms with Crippen LogP contribution in [0.3, 0.4) is 0 Å². The van der Waals surface area contributed by atoms with Gasteiger partial charge in [-0.15, -0.1) is 0 Å². The van der Waals surface area contributed by atoms with Crippen LogP contribution in [0.15, 0.2) is 30.5 Å². The average molecular weight is 266 g/mol. The number of carbonyl (C=O) groups is 1. The number of hydrogen-bond acceptors (Lipinski definition) is 3. The Morgan fingerprint density at radius 2 is 2.17 bits per heavy atom. The highest BCUT2D eigenvalue weighted by Gasteiger charge is 2.12. The molecule has 0 saturated carbocycles. The molecule has 94 valence electrons. The summed E-state index contributed by atoms with van der Waals surface area (Å²) in [6, 6.07) is 7.09. The Labute approximate surface area is 109 Å². The molecule has 5 nitrogen and oxygen atoms in total. The standard InChI is InChI=1S/C12H12ClN3O2/c1-2-18-9-5-3-8(4-6-9)15-12(17)11-10(13)7-14-16-11/h3-7H,2H2,1H3,(H,14,16)(H,15,17). The van der Waals surface area contributed by atoms with Gasteiger partial charge in [0.05, 0.1) is 17.8 Å². The second-order valence-electron chi connectivity index (χ2n) is 3.50. The molecule has 2 N–H and O–H groups in total. The van der Waals surface area contributed by atoms with Crippen molar-refractivity contribution in [1.82, 2.24) is 10.2 Å². The van der Waals surface area contributed by atoms with Gasteiger partial charge in [-0.2, -0.15) is 5.10 Å². The van der Waals surface area contributed by atoms with Crippen LogP contribution in [0.4, 0.5) is 5.69 Å². The Hall–Kier alpha value is -2.01. The molecule has 1 aromatic carbocycles. The van der Waals surface area contributed by atoms with Crippen LogP contribution >= 0.6 is 11.6 Å². The van der Waals surface area contributed by atoms with Gasteiger partial charge in [0.25, 0.3) is 5.91 Å². The van der Waals surface area contributed by atoms with Gasteiger partial charge in [-0.3, -0.25) is 9.89 Å². The molecule has 2 aromatic rings. The van der Waals surface area contributed by atoms with Crippen LogP contribution in [0.5, 0.6) is 5.75 Å². The minimum atomic E-state index is -0.332. The molecule has 0 bridgehead atoms. The summed E-state index contributed by atoms with van der Waals surface area (Å²) < 4.78 is 5.31. The van der Waals surface area contributed by atoms with Crippen molar-refractivity contribution in [3.8, 4) is 5.75 Å². The maximum Gasteiger partial charge on any atom is 0.275 e. The quantitative estimate of drug-likeness (QED) is 0.893. The van der Waals surface area contributed by atoms with E-state index in [0.717, 1.165) is 5.75 Å². The number of aromatic nitrogens is 2. The second kappa shape index (κ2) is 5.55. The monoisotopic (exact) mass is 265 g/mol. The first-order valence-electron chi connectivity index (χ1n) is 5.43. The molecule has 0 fully saturated rings. The average Bonchev–Trinajstić information content (AvgIpc) is 2.78. The molecule has 0 aliphatic heterocycles. The Morgan fingerprint density at radius 3 is 2.72 bits per heavy atom. The van der Waals surface area contributed by atoms with Crippen LogP contribution in [0.2, 0.25) is 5.02 Å². The smallest absolute Gasteiger partial charge is 0.275 e. The first kappa shape index (κ1) is 12.4. The second-order valence-corrected chi connectivity index (χ2v) is 3.91. The van der Waals surface area contributed by atoms with Crippen LogP contribution in [0.1, 0.15) is 17.4 Å². The van der Waals surface area contributed by atoms with Crippen LogP contribution in [-0.2, 0) is 0 Å². The molecule has 0 atom stereocenters. The maximum atomic E-state index is 11.8. The summed E-state index contributed by atoms with van der Waals surface area (Å²) in [5.74, 6) is 0.428. The van der Waals surface area contributed by atoms with Gasteiger partial charge in [0.1, 0.15) is 11.4 Å². The van der Waals surface area contributed by atoms with Gasteiger partial charge >= 0.3 is 0 Å². The van der Waals surface area contributed by atoms with Gasteiger partial charge in [0.2, 0.25) is 0 Å². The van der Waals surface area contributed by atoms with E-state index in [0.29, 0.717) is 17.3 Å². The molecule has 1 aromatic heterocycles. The molecule has 0 radical (unpaired) electrons. The number of hydrogen-bond donors (Lipinski definition) is 2. The van der Waals surface area contributed by atoms with Gasteiger partial charge in [-0.05, 0) is 31.2 Å². The number of halogens is 1. The third-order valence-electron chi connectivity index (χ3n) is 2.24. The summed E-state index contributed by atoms with van der Waals surface area (Å²) in [7, 11) is 0. The van der Waals surface area contributed by atoms with E-state index in [1.807, 2.05) is 6.92 Å². The van der Waals surface area contributed by atoms with Crippen molar-refractivity contribution in [1.29, 1.82) is 0 Å². The fourth-order valence-electron chi connectivity index (χ4n) is 1.43. The van der Waals surface area contributed by atoms with Crippen LogP contribution in [-0.4, -0.2) is 22.7 Å². The predicted molar refractivity (Wildman–Crippen MR) is 69.2 cm³/mol. The third-order valence-corrected chi connectivity index (χ3v) is 2.53. The number of H-pyrrole nitrogens is 1. The zero-order valence-electron chi connectivity index (χ0n) is 9.74. The zero-order chi connectivity index (χ0) is 13.0. The van der Waals surface area contributed by atoms with E-state index >= 15 is 0 Å². The fourth-order valence-corrected chi connectivity index (χ4v) is 1.60. The van der Waals surface area contributed by atoms with Crippen molar-refractivity contribution >= 4 is 23.2 Å². The summed E-state index contributed by atoms with van der Waals surface area (Å²) in [4.78, 5) is 11.8. The largest absolute Gasteiger partial charge is 0.494 e. The molecule has 6 heteroatoms. The van der Waals surface area contributed by atoms with Gasteiger partial charge in [0, 0.05) is 5.69 Å². The molecule has 0 saturated heterocycles. The molecule has 0 unspecified atom stereocenters. The Morgan fingerprint density at radius 1 is 1.44 bits per heavy atom. The van der Waals surface area contributed by atoms with Crippen molar-refractivity contribution in [2.24, 2.45) is 0 Å². The fraction of sp³-hybridized carbons (Fsp3) is 0.167. The van der Waals surface area contributed by atoms with Crippen molar-refractivity contribution < 1.29 is 9.53 Å². The third kappa shape index (κ3) is 2.81. The Kier molecular flexibility index (Phi) is 3.84. The van der Waals surface area contributed by atoms with E-state index < -0.39 is 0 Å². The number of nitrogens with one attached hydrogen (secondary N) is 2. The molecular formula is C12H12ClN3O2. The molecule has 0 aliphatic carbocycles. The van der Waals surface area contributed by atoms with Gasteiger partial charge in [-0.1, -0.05) is 11.6 Å². The van der Waals surface area contributed by atoms with Crippen molar-refractivity contribution in [2.75, 3.05) is 11.9 Å². The lowest BCUT2D eigenvalue weighted by atomic mass is 10.3. The minimum Gasteiger partial charge on any atom is -0.494 e. The lowest BCUT2D eigenvalue weighted by molar-refractivity contribution is 0.102. The number of carbonyl (C=O) groups excluding carboxylic acids is 1. The highest BCUT2D eigenvalue weighted by atomic mass is 35.5. The molecule has 18 heavy (non-hydrogen) atoms. The molecule has 0 spiro atoms. The lowest BCUT2D eigenvalue weighted by Gasteiger charge is -2.06. The summed E-state index contributed by atoms with van der Waals surface area (Å²) in [5, 5.41) is 9.22. The Bertz CT molecular complexity index is 537. The van der Waals surface area contributed by atoms with Crippen molar-refractivity contribution in [2.45, 2.75) is 6.92 Å². The highest BCUT2D eigenvalue weighted by molar-refractivity contribution is 6.34. The van der Waals surface area contributed by atoms with E-state index in [1.54, 1.807) is 24.3 Å². The van der Waals surface area contributed by atoms with Gasteiger partial charge < -0.3 is 10.1 Å². The Balaban J connectivity index is 2.05. The van der Waals surface area contributed by atoms with Crippen molar-refractivity contribution in [3.05, 3.63) is 41.2 Å². The highest BCUT2D eigenvalue weighted by Crippen LogP contribution is 2.18. The van der Waals surface area contributed by atoms with Crippen LogP contribution in [0, 0.1) is 0 Å². The number of anilines is 1. The number of amides is 1. The molecule has 1 amide bonds. The lowest BCUT2D eigenvalue weighted by Crippen LogP contribution is -2.12. The minimum absolute atomic E-state index is 0.241. The maximum absolute atomic E-state index is 11.8. The van der Waals surface area contributed by atoms with Crippen LogP contribution < -0.4 is 10.1 Å². The number of benzene rings is 1.